The minimum absolute atomic E-state index is 0.147. The summed E-state index contributed by atoms with van der Waals surface area (Å²) in [5.41, 5.74) is 15.5. The van der Waals surface area contributed by atoms with Gasteiger partial charge in [0.1, 0.15) is 0 Å². The quantitative estimate of drug-likeness (QED) is 0.124. The molecule has 0 fully saturated rings. The van der Waals surface area contributed by atoms with Gasteiger partial charge in [-0.15, -0.1) is 0 Å². The number of hydrogen-bond donors (Lipinski definition) is 0. The zero-order valence-electron chi connectivity index (χ0n) is 33.1. The first-order valence-electron chi connectivity index (χ1n) is 20.8. The molecular formula is C59H40. The van der Waals surface area contributed by atoms with Gasteiger partial charge in [-0.05, 0) is 133 Å². The largest absolute Gasteiger partial charge is 0.0616 e. The normalized spacial score (nSPS) is 13.1. The minimum atomic E-state index is -0.147. The standard InChI is InChI=1S/C59H40/c1-59(2)54-34-33-37-17-3-6-22-42(37)57(54)52-32-16-31-43(58(52)59)38-19-15-20-40(35-38)55-48-27-11-13-29-50(48)56(51-30-14-12-28-49(51)55)47-26-10-9-25-46(47)53-36-39-18-4-5-21-41(39)44-23-7-8-24-45(44)53/h3-36H,1-2H3. The van der Waals surface area contributed by atoms with Crippen molar-refractivity contribution in [3.05, 3.63) is 217 Å². The molecular weight excluding hydrogens is 709 g/mol. The molecule has 0 N–H and O–H groups in total. The summed E-state index contributed by atoms with van der Waals surface area (Å²) in [5, 5.41) is 12.7. The first kappa shape index (κ1) is 33.8. The van der Waals surface area contributed by atoms with Crippen molar-refractivity contribution >= 4 is 53.9 Å². The fourth-order valence-corrected chi connectivity index (χ4v) is 10.7. The van der Waals surface area contributed by atoms with Crippen LogP contribution in [0.15, 0.2) is 206 Å². The molecule has 0 radical (unpaired) electrons. The van der Waals surface area contributed by atoms with E-state index in [9.17, 15) is 0 Å². The van der Waals surface area contributed by atoms with E-state index in [1.165, 1.54) is 121 Å². The Kier molecular flexibility index (Phi) is 7.38. The highest BCUT2D eigenvalue weighted by molar-refractivity contribution is 6.23. The van der Waals surface area contributed by atoms with Crippen molar-refractivity contribution in [2.75, 3.05) is 0 Å². The van der Waals surface area contributed by atoms with Crippen LogP contribution in [-0.4, -0.2) is 0 Å². The van der Waals surface area contributed by atoms with Crippen molar-refractivity contribution < 1.29 is 0 Å². The van der Waals surface area contributed by atoms with Crippen molar-refractivity contribution in [2.45, 2.75) is 19.3 Å². The Bertz CT molecular complexity index is 3470. The second-order valence-electron chi connectivity index (χ2n) is 16.7. The Hall–Kier alpha value is -7.28. The zero-order valence-corrected chi connectivity index (χ0v) is 33.1. The van der Waals surface area contributed by atoms with Crippen molar-refractivity contribution in [3.8, 4) is 55.6 Å². The Labute approximate surface area is 344 Å². The first-order valence-corrected chi connectivity index (χ1v) is 20.8. The third-order valence-electron chi connectivity index (χ3n) is 13.2. The Morgan fingerprint density at radius 2 is 0.780 bits per heavy atom. The topological polar surface area (TPSA) is 0 Å². The third-order valence-corrected chi connectivity index (χ3v) is 13.2. The molecule has 0 nitrogen and oxygen atoms in total. The average Bonchev–Trinajstić information content (AvgIpc) is 3.54. The highest BCUT2D eigenvalue weighted by Crippen LogP contribution is 2.55. The van der Waals surface area contributed by atoms with Crippen LogP contribution >= 0.6 is 0 Å². The summed E-state index contributed by atoms with van der Waals surface area (Å²) in [6, 6.07) is 76.9. The van der Waals surface area contributed by atoms with Crippen LogP contribution in [0.25, 0.3) is 109 Å². The van der Waals surface area contributed by atoms with Gasteiger partial charge in [0.25, 0.3) is 0 Å². The molecule has 276 valence electrons. The van der Waals surface area contributed by atoms with Crippen molar-refractivity contribution in [1.82, 2.24) is 0 Å². The number of benzene rings is 11. The molecule has 11 aromatic rings. The Balaban J connectivity index is 1.08. The molecule has 1 aliphatic rings. The Morgan fingerprint density at radius 3 is 1.51 bits per heavy atom. The lowest BCUT2D eigenvalue weighted by Crippen LogP contribution is -2.16. The molecule has 0 heteroatoms. The maximum atomic E-state index is 2.44. The van der Waals surface area contributed by atoms with E-state index >= 15 is 0 Å². The van der Waals surface area contributed by atoms with E-state index in [2.05, 4.69) is 220 Å². The SMILES string of the molecule is CC1(C)c2ccc3ccccc3c2-c2cccc(-c3cccc(-c4c5ccccc5c(-c5ccccc5-c5cc6ccccc6c6ccccc56)c5ccccc45)c3)c21. The van der Waals surface area contributed by atoms with Gasteiger partial charge in [-0.2, -0.15) is 0 Å². The predicted octanol–water partition coefficient (Wildman–Crippen LogP) is 16.4. The van der Waals surface area contributed by atoms with Gasteiger partial charge in [-0.1, -0.05) is 208 Å². The van der Waals surface area contributed by atoms with Crippen LogP contribution in [0.2, 0.25) is 0 Å². The average molecular weight is 749 g/mol. The van der Waals surface area contributed by atoms with Crippen LogP contribution < -0.4 is 0 Å². The molecule has 1 aliphatic carbocycles. The van der Waals surface area contributed by atoms with Gasteiger partial charge < -0.3 is 0 Å². The fourth-order valence-electron chi connectivity index (χ4n) is 10.7. The summed E-state index contributed by atoms with van der Waals surface area (Å²) in [4.78, 5) is 0. The summed E-state index contributed by atoms with van der Waals surface area (Å²) >= 11 is 0. The van der Waals surface area contributed by atoms with Gasteiger partial charge in [0.2, 0.25) is 0 Å². The third kappa shape index (κ3) is 4.96. The second kappa shape index (κ2) is 12.9. The highest BCUT2D eigenvalue weighted by atomic mass is 14.4. The summed E-state index contributed by atoms with van der Waals surface area (Å²) < 4.78 is 0. The molecule has 59 heavy (non-hydrogen) atoms. The van der Waals surface area contributed by atoms with Gasteiger partial charge in [0.05, 0.1) is 0 Å². The fraction of sp³-hybridized carbons (Fsp3) is 0.0508. The maximum Gasteiger partial charge on any atom is 0.0165 e. The minimum Gasteiger partial charge on any atom is -0.0616 e. The van der Waals surface area contributed by atoms with Gasteiger partial charge in [0.15, 0.2) is 0 Å². The van der Waals surface area contributed by atoms with Crippen LogP contribution in [0.1, 0.15) is 25.0 Å². The van der Waals surface area contributed by atoms with Crippen LogP contribution in [0.4, 0.5) is 0 Å². The number of rotatable bonds is 4. The van der Waals surface area contributed by atoms with Crippen LogP contribution in [-0.2, 0) is 5.41 Å². The van der Waals surface area contributed by atoms with Crippen molar-refractivity contribution in [3.63, 3.8) is 0 Å². The summed E-state index contributed by atoms with van der Waals surface area (Å²) in [6.07, 6.45) is 0. The molecule has 0 unspecified atom stereocenters. The van der Waals surface area contributed by atoms with E-state index in [1.54, 1.807) is 0 Å². The monoisotopic (exact) mass is 748 g/mol. The van der Waals surface area contributed by atoms with Gasteiger partial charge >= 0.3 is 0 Å². The second-order valence-corrected chi connectivity index (χ2v) is 16.7. The van der Waals surface area contributed by atoms with E-state index < -0.39 is 0 Å². The van der Waals surface area contributed by atoms with Crippen molar-refractivity contribution in [1.29, 1.82) is 0 Å². The molecule has 0 atom stereocenters. The first-order chi connectivity index (χ1) is 29.1. The van der Waals surface area contributed by atoms with E-state index in [0.717, 1.165) is 0 Å². The summed E-state index contributed by atoms with van der Waals surface area (Å²) in [5.74, 6) is 0. The number of fused-ring (bicyclic) bond motifs is 10. The molecule has 0 saturated heterocycles. The highest BCUT2D eigenvalue weighted by Gasteiger charge is 2.38. The van der Waals surface area contributed by atoms with E-state index in [-0.39, 0.29) is 5.41 Å². The number of hydrogen-bond acceptors (Lipinski definition) is 0. The summed E-state index contributed by atoms with van der Waals surface area (Å²) in [6.45, 7) is 4.80. The van der Waals surface area contributed by atoms with Gasteiger partial charge in [-0.25, -0.2) is 0 Å². The van der Waals surface area contributed by atoms with Gasteiger partial charge in [0, 0.05) is 5.41 Å². The lowest BCUT2D eigenvalue weighted by atomic mass is 9.78. The molecule has 0 spiro atoms. The lowest BCUT2D eigenvalue weighted by Gasteiger charge is -2.25. The van der Waals surface area contributed by atoms with Crippen LogP contribution in [0.5, 0.6) is 0 Å². The molecule has 0 aliphatic heterocycles. The predicted molar refractivity (Wildman–Crippen MR) is 253 cm³/mol. The van der Waals surface area contributed by atoms with Crippen LogP contribution in [0, 0.1) is 0 Å². The smallest absolute Gasteiger partial charge is 0.0165 e. The van der Waals surface area contributed by atoms with E-state index in [0.29, 0.717) is 0 Å². The van der Waals surface area contributed by atoms with Crippen LogP contribution in [0.3, 0.4) is 0 Å². The molecule has 0 heterocycles. The maximum absolute atomic E-state index is 2.44. The molecule has 0 bridgehead atoms. The molecule has 0 amide bonds. The molecule has 0 saturated carbocycles. The zero-order chi connectivity index (χ0) is 39.2. The lowest BCUT2D eigenvalue weighted by molar-refractivity contribution is 0.662. The summed E-state index contributed by atoms with van der Waals surface area (Å²) in [7, 11) is 0. The van der Waals surface area contributed by atoms with Gasteiger partial charge in [-0.3, -0.25) is 0 Å². The van der Waals surface area contributed by atoms with E-state index in [4.69, 9.17) is 0 Å². The molecule has 11 aromatic carbocycles. The van der Waals surface area contributed by atoms with E-state index in [1.807, 2.05) is 0 Å². The van der Waals surface area contributed by atoms with Crippen molar-refractivity contribution in [2.24, 2.45) is 0 Å². The Morgan fingerprint density at radius 1 is 0.271 bits per heavy atom. The molecule has 0 aromatic heterocycles. The molecule has 12 rings (SSSR count).